The summed E-state index contributed by atoms with van der Waals surface area (Å²) < 4.78 is 0. The first kappa shape index (κ1) is 36.3. The van der Waals surface area contributed by atoms with Crippen LogP contribution >= 0.6 is 0 Å². The maximum atomic E-state index is 2.40. The fraction of sp³-hybridized carbons (Fsp3) is 0.467. The van der Waals surface area contributed by atoms with Gasteiger partial charge in [0.05, 0.1) is 0 Å². The van der Waals surface area contributed by atoms with Gasteiger partial charge in [0.1, 0.15) is 0 Å². The molecule has 45 heavy (non-hydrogen) atoms. The van der Waals surface area contributed by atoms with Crippen LogP contribution < -0.4 is 0 Å². The van der Waals surface area contributed by atoms with E-state index in [1.807, 2.05) is 0 Å². The molecule has 0 heteroatoms. The van der Waals surface area contributed by atoms with Crippen LogP contribution in [0.15, 0.2) is 48.5 Å². The minimum absolute atomic E-state index is 0.562. The van der Waals surface area contributed by atoms with E-state index < -0.39 is 0 Å². The molecule has 0 nitrogen and oxygen atoms in total. The van der Waals surface area contributed by atoms with Crippen molar-refractivity contribution in [3.05, 3.63) is 138 Å². The van der Waals surface area contributed by atoms with Crippen LogP contribution in [0.5, 0.6) is 0 Å². The molecule has 242 valence electrons. The molecule has 0 saturated carbocycles. The number of hydrogen-bond acceptors (Lipinski definition) is 0. The predicted molar refractivity (Wildman–Crippen MR) is 201 cm³/mol. The Balaban J connectivity index is 0.000000246. The molecule has 2 unspecified atom stereocenters. The van der Waals surface area contributed by atoms with Gasteiger partial charge in [-0.1, -0.05) is 82.6 Å². The highest BCUT2D eigenvalue weighted by atomic mass is 14.2. The molecule has 0 saturated heterocycles. The van der Waals surface area contributed by atoms with Gasteiger partial charge in [0.15, 0.2) is 0 Å². The van der Waals surface area contributed by atoms with Crippen LogP contribution in [0.1, 0.15) is 135 Å². The number of hydrogen-bond donors (Lipinski definition) is 0. The van der Waals surface area contributed by atoms with E-state index in [9.17, 15) is 0 Å². The van der Waals surface area contributed by atoms with Gasteiger partial charge in [-0.3, -0.25) is 0 Å². The molecule has 0 radical (unpaired) electrons. The molecular formula is C45H62. The minimum atomic E-state index is 0.562. The molecule has 4 rings (SSSR count). The molecule has 0 aliphatic heterocycles. The molecule has 0 amide bonds. The Hall–Kier alpha value is -3.12. The molecule has 0 spiro atoms. The van der Waals surface area contributed by atoms with Crippen molar-refractivity contribution >= 4 is 0 Å². The fourth-order valence-electron chi connectivity index (χ4n) is 7.72. The second kappa shape index (κ2) is 15.9. The summed E-state index contributed by atoms with van der Waals surface area (Å²) in [6, 6.07) is 19.0. The van der Waals surface area contributed by atoms with E-state index in [1.165, 1.54) is 96.3 Å². The van der Waals surface area contributed by atoms with Gasteiger partial charge in [0.25, 0.3) is 0 Å². The molecule has 0 aliphatic rings. The van der Waals surface area contributed by atoms with Gasteiger partial charge < -0.3 is 0 Å². The SMILES string of the molecule is CCCc1cc(C)c(C(C)Cc2cc(C)c(C)c(C)c2)c(C)c1.CCc1cc(C)c(C(C)Cc2cc(C)c(C)c(C)c2)c(C)c1. The number of aryl methyl sites for hydroxylation is 10. The van der Waals surface area contributed by atoms with Gasteiger partial charge >= 0.3 is 0 Å². The van der Waals surface area contributed by atoms with Gasteiger partial charge in [-0.05, 0) is 196 Å². The Labute approximate surface area is 277 Å². The zero-order valence-electron chi connectivity index (χ0n) is 31.3. The normalized spacial score (nSPS) is 12.5. The third-order valence-corrected chi connectivity index (χ3v) is 10.3. The van der Waals surface area contributed by atoms with E-state index in [4.69, 9.17) is 0 Å². The Kier molecular flexibility index (Phi) is 12.9. The van der Waals surface area contributed by atoms with E-state index in [0.29, 0.717) is 11.8 Å². The van der Waals surface area contributed by atoms with Crippen molar-refractivity contribution in [2.45, 2.75) is 141 Å². The van der Waals surface area contributed by atoms with Crippen LogP contribution in [0.25, 0.3) is 0 Å². The van der Waals surface area contributed by atoms with E-state index in [-0.39, 0.29) is 0 Å². The summed E-state index contributed by atoms with van der Waals surface area (Å²) in [4.78, 5) is 0. The highest BCUT2D eigenvalue weighted by Crippen LogP contribution is 2.31. The summed E-state index contributed by atoms with van der Waals surface area (Å²) in [5, 5.41) is 0. The highest BCUT2D eigenvalue weighted by Gasteiger charge is 2.16. The van der Waals surface area contributed by atoms with Gasteiger partial charge in [-0.15, -0.1) is 0 Å². The number of benzene rings is 4. The Morgan fingerprint density at radius 2 is 0.689 bits per heavy atom. The lowest BCUT2D eigenvalue weighted by molar-refractivity contribution is 0.743. The van der Waals surface area contributed by atoms with E-state index in [1.54, 1.807) is 5.56 Å². The number of rotatable bonds is 9. The minimum Gasteiger partial charge on any atom is -0.0651 e. The van der Waals surface area contributed by atoms with Crippen molar-refractivity contribution in [3.8, 4) is 0 Å². The van der Waals surface area contributed by atoms with Crippen molar-refractivity contribution in [1.29, 1.82) is 0 Å². The largest absolute Gasteiger partial charge is 0.0651 e. The molecule has 4 aromatic rings. The average molecular weight is 603 g/mol. The van der Waals surface area contributed by atoms with E-state index in [2.05, 4.69) is 145 Å². The molecule has 0 aliphatic carbocycles. The third-order valence-electron chi connectivity index (χ3n) is 10.3. The van der Waals surface area contributed by atoms with E-state index in [0.717, 1.165) is 19.3 Å². The quantitative estimate of drug-likeness (QED) is 0.179. The van der Waals surface area contributed by atoms with Crippen LogP contribution in [0.2, 0.25) is 0 Å². The van der Waals surface area contributed by atoms with Gasteiger partial charge in [0, 0.05) is 0 Å². The lowest BCUT2D eigenvalue weighted by Crippen LogP contribution is -2.05. The summed E-state index contributed by atoms with van der Waals surface area (Å²) in [6.45, 7) is 31.7. The van der Waals surface area contributed by atoms with Crippen molar-refractivity contribution in [2.24, 2.45) is 0 Å². The lowest BCUT2D eigenvalue weighted by atomic mass is 9.85. The van der Waals surface area contributed by atoms with Crippen molar-refractivity contribution in [2.75, 3.05) is 0 Å². The molecule has 0 fully saturated rings. The second-order valence-electron chi connectivity index (χ2n) is 14.3. The van der Waals surface area contributed by atoms with Gasteiger partial charge in [-0.2, -0.15) is 0 Å². The first-order valence-electron chi connectivity index (χ1n) is 17.5. The monoisotopic (exact) mass is 602 g/mol. The van der Waals surface area contributed by atoms with Crippen LogP contribution in [0, 0.1) is 69.2 Å². The summed E-state index contributed by atoms with van der Waals surface area (Å²) in [5.41, 5.74) is 23.3. The Morgan fingerprint density at radius 3 is 0.978 bits per heavy atom. The summed E-state index contributed by atoms with van der Waals surface area (Å²) in [6.07, 6.45) is 5.76. The van der Waals surface area contributed by atoms with Crippen LogP contribution in [-0.4, -0.2) is 0 Å². The Morgan fingerprint density at radius 1 is 0.400 bits per heavy atom. The zero-order chi connectivity index (χ0) is 33.6. The average Bonchev–Trinajstić information content (AvgIpc) is 2.94. The van der Waals surface area contributed by atoms with Crippen molar-refractivity contribution in [1.82, 2.24) is 0 Å². The second-order valence-corrected chi connectivity index (χ2v) is 14.3. The van der Waals surface area contributed by atoms with Crippen LogP contribution in [0.3, 0.4) is 0 Å². The van der Waals surface area contributed by atoms with Crippen LogP contribution in [-0.2, 0) is 25.7 Å². The molecule has 4 aromatic carbocycles. The summed E-state index contributed by atoms with van der Waals surface area (Å²) in [5.74, 6) is 1.12. The van der Waals surface area contributed by atoms with Crippen LogP contribution in [0.4, 0.5) is 0 Å². The maximum Gasteiger partial charge on any atom is -0.0145 e. The van der Waals surface area contributed by atoms with Crippen molar-refractivity contribution in [3.63, 3.8) is 0 Å². The molecule has 2 atom stereocenters. The van der Waals surface area contributed by atoms with Gasteiger partial charge in [-0.25, -0.2) is 0 Å². The topological polar surface area (TPSA) is 0 Å². The first-order valence-corrected chi connectivity index (χ1v) is 17.5. The maximum absolute atomic E-state index is 2.40. The standard InChI is InChI=1S/C23H32.C22H30/c1-8-9-21-12-17(4)23(18(5)13-21)19(6)14-22-10-15(2)20(7)16(3)11-22;1-8-20-11-16(4)22(17(5)12-20)18(6)13-21-9-14(2)19(7)15(3)10-21/h10-13,19H,8-9,14H2,1-7H3;9-12,18H,8,13H2,1-7H3. The Bertz CT molecular complexity index is 1520. The highest BCUT2D eigenvalue weighted by molar-refractivity contribution is 5.44. The molecule has 0 heterocycles. The molecule has 0 aromatic heterocycles. The smallest absolute Gasteiger partial charge is 0.0145 e. The zero-order valence-corrected chi connectivity index (χ0v) is 31.3. The van der Waals surface area contributed by atoms with Gasteiger partial charge in [0.2, 0.25) is 0 Å². The third kappa shape index (κ3) is 9.22. The first-order chi connectivity index (χ1) is 21.2. The lowest BCUT2D eigenvalue weighted by Gasteiger charge is -2.20. The predicted octanol–water partition coefficient (Wildman–Crippen LogP) is 12.7. The van der Waals surface area contributed by atoms with E-state index >= 15 is 0 Å². The molecule has 0 bridgehead atoms. The summed E-state index contributed by atoms with van der Waals surface area (Å²) >= 11 is 0. The fourth-order valence-corrected chi connectivity index (χ4v) is 7.72. The molecular weight excluding hydrogens is 540 g/mol. The van der Waals surface area contributed by atoms with Crippen molar-refractivity contribution < 1.29 is 0 Å². The summed E-state index contributed by atoms with van der Waals surface area (Å²) in [7, 11) is 0. The molecule has 0 N–H and O–H groups in total.